The van der Waals surface area contributed by atoms with E-state index in [9.17, 15) is 0 Å². The minimum Gasteiger partial charge on any atom is -0.493 e. The fourth-order valence-corrected chi connectivity index (χ4v) is 5.87. The second kappa shape index (κ2) is 5.51. The van der Waals surface area contributed by atoms with Crippen LogP contribution in [0.25, 0.3) is 0 Å². The first kappa shape index (κ1) is 14.3. The molecule has 0 aromatic heterocycles. The summed E-state index contributed by atoms with van der Waals surface area (Å²) in [6, 6.07) is 7.76. The standard InChI is InChI=1S/C21H29NO/c1-2-9-21-10-11-22-20(18(21)6-1)12-16-7-8-17(13-19(16)21)23-14-15-4-3-5-15/h7-8,13,15,18,20,22H,1-6,9-12,14H2/t18-,20+,21+/m0/s1. The number of fused-ring (bicyclic) bond motifs is 1. The molecule has 1 aromatic rings. The fourth-order valence-electron chi connectivity index (χ4n) is 5.87. The van der Waals surface area contributed by atoms with Crippen LogP contribution in [-0.4, -0.2) is 19.2 Å². The molecule has 0 amide bonds. The first-order valence-electron chi connectivity index (χ1n) is 9.85. The van der Waals surface area contributed by atoms with E-state index in [0.717, 1.165) is 30.2 Å². The predicted molar refractivity (Wildman–Crippen MR) is 93.0 cm³/mol. The Balaban J connectivity index is 1.47. The number of piperidine rings is 1. The molecule has 1 aliphatic heterocycles. The molecule has 0 unspecified atom stereocenters. The average Bonchev–Trinajstić information content (AvgIpc) is 2.54. The van der Waals surface area contributed by atoms with Crippen molar-refractivity contribution in [2.75, 3.05) is 13.2 Å². The average molecular weight is 311 g/mol. The Morgan fingerprint density at radius 1 is 1.09 bits per heavy atom. The third-order valence-corrected chi connectivity index (χ3v) is 7.33. The molecule has 4 aliphatic rings. The van der Waals surface area contributed by atoms with Gasteiger partial charge in [0, 0.05) is 11.5 Å². The molecule has 5 rings (SSSR count). The van der Waals surface area contributed by atoms with Gasteiger partial charge in [-0.3, -0.25) is 0 Å². The lowest BCUT2D eigenvalue weighted by Crippen LogP contribution is -2.59. The van der Waals surface area contributed by atoms with E-state index >= 15 is 0 Å². The monoisotopic (exact) mass is 311 g/mol. The molecule has 2 bridgehead atoms. The van der Waals surface area contributed by atoms with Crippen LogP contribution in [0.15, 0.2) is 18.2 Å². The lowest BCUT2D eigenvalue weighted by atomic mass is 9.53. The Morgan fingerprint density at radius 3 is 2.91 bits per heavy atom. The van der Waals surface area contributed by atoms with Crippen molar-refractivity contribution in [1.82, 2.24) is 5.32 Å². The second-order valence-electron chi connectivity index (χ2n) is 8.45. The van der Waals surface area contributed by atoms with Crippen molar-refractivity contribution in [3.05, 3.63) is 29.3 Å². The lowest BCUT2D eigenvalue weighted by molar-refractivity contribution is 0.0792. The molecule has 1 aromatic carbocycles. The molecular weight excluding hydrogens is 282 g/mol. The number of benzene rings is 1. The maximum Gasteiger partial charge on any atom is 0.119 e. The third-order valence-electron chi connectivity index (χ3n) is 7.33. The molecule has 2 heteroatoms. The molecule has 3 fully saturated rings. The topological polar surface area (TPSA) is 21.3 Å². The van der Waals surface area contributed by atoms with Gasteiger partial charge >= 0.3 is 0 Å². The van der Waals surface area contributed by atoms with Crippen LogP contribution in [0.3, 0.4) is 0 Å². The van der Waals surface area contributed by atoms with Crippen LogP contribution in [0, 0.1) is 11.8 Å². The summed E-state index contributed by atoms with van der Waals surface area (Å²) in [5.41, 5.74) is 3.71. The Kier molecular flexibility index (Phi) is 3.44. The number of hydrogen-bond donors (Lipinski definition) is 1. The molecule has 1 heterocycles. The number of hydrogen-bond acceptors (Lipinski definition) is 2. The zero-order chi connectivity index (χ0) is 15.3. The van der Waals surface area contributed by atoms with Gasteiger partial charge in [0.15, 0.2) is 0 Å². The highest BCUT2D eigenvalue weighted by Crippen LogP contribution is 2.54. The zero-order valence-corrected chi connectivity index (χ0v) is 14.2. The van der Waals surface area contributed by atoms with Crippen LogP contribution >= 0.6 is 0 Å². The predicted octanol–water partition coefficient (Wildman–Crippen LogP) is 4.21. The summed E-state index contributed by atoms with van der Waals surface area (Å²) in [5.74, 6) is 2.81. The molecule has 0 spiro atoms. The highest BCUT2D eigenvalue weighted by molar-refractivity contribution is 5.45. The van der Waals surface area contributed by atoms with Gasteiger partial charge in [-0.2, -0.15) is 0 Å². The molecule has 2 nitrogen and oxygen atoms in total. The lowest BCUT2D eigenvalue weighted by Gasteiger charge is -2.56. The zero-order valence-electron chi connectivity index (χ0n) is 14.2. The van der Waals surface area contributed by atoms with Gasteiger partial charge < -0.3 is 10.1 Å². The minimum atomic E-state index is 0.456. The van der Waals surface area contributed by atoms with Gasteiger partial charge in [0.2, 0.25) is 0 Å². The van der Waals surface area contributed by atoms with Crippen molar-refractivity contribution in [3.63, 3.8) is 0 Å². The van der Waals surface area contributed by atoms with Gasteiger partial charge in [0.25, 0.3) is 0 Å². The van der Waals surface area contributed by atoms with E-state index in [-0.39, 0.29) is 0 Å². The van der Waals surface area contributed by atoms with Crippen molar-refractivity contribution >= 4 is 0 Å². The van der Waals surface area contributed by atoms with Crippen LogP contribution in [0.4, 0.5) is 0 Å². The Bertz CT molecular complexity index is 590. The first-order valence-corrected chi connectivity index (χ1v) is 9.85. The van der Waals surface area contributed by atoms with Crippen LogP contribution in [-0.2, 0) is 11.8 Å². The molecule has 1 saturated heterocycles. The van der Waals surface area contributed by atoms with Crippen molar-refractivity contribution in [1.29, 1.82) is 0 Å². The van der Waals surface area contributed by atoms with Gasteiger partial charge in [-0.05, 0) is 80.2 Å². The third kappa shape index (κ3) is 2.25. The smallest absolute Gasteiger partial charge is 0.119 e. The summed E-state index contributed by atoms with van der Waals surface area (Å²) in [7, 11) is 0. The maximum atomic E-state index is 6.17. The molecule has 0 radical (unpaired) electrons. The minimum absolute atomic E-state index is 0.456. The summed E-state index contributed by atoms with van der Waals surface area (Å²) < 4.78 is 6.17. The summed E-state index contributed by atoms with van der Waals surface area (Å²) in [4.78, 5) is 0. The van der Waals surface area contributed by atoms with Crippen molar-refractivity contribution in [2.24, 2.45) is 11.8 Å². The van der Waals surface area contributed by atoms with Gasteiger partial charge in [0.1, 0.15) is 5.75 Å². The van der Waals surface area contributed by atoms with E-state index in [1.165, 1.54) is 64.3 Å². The van der Waals surface area contributed by atoms with Gasteiger partial charge in [-0.15, -0.1) is 0 Å². The number of rotatable bonds is 3. The van der Waals surface area contributed by atoms with Crippen molar-refractivity contribution in [2.45, 2.75) is 69.2 Å². The SMILES string of the molecule is c1cc2c(cc1OCC1CCC1)[C@@]13CCCC[C@H]1[C@@H](C2)NCC3. The first-order chi connectivity index (χ1) is 11.4. The van der Waals surface area contributed by atoms with E-state index in [4.69, 9.17) is 4.74 Å². The van der Waals surface area contributed by atoms with Crippen LogP contribution in [0.1, 0.15) is 62.5 Å². The summed E-state index contributed by atoms with van der Waals surface area (Å²) in [6.07, 6.45) is 12.3. The largest absolute Gasteiger partial charge is 0.493 e. The molecule has 1 N–H and O–H groups in total. The van der Waals surface area contributed by atoms with Gasteiger partial charge in [-0.1, -0.05) is 25.3 Å². The van der Waals surface area contributed by atoms with E-state index in [1.807, 2.05) is 0 Å². The molecule has 2 saturated carbocycles. The summed E-state index contributed by atoms with van der Waals surface area (Å²) in [5, 5.41) is 3.82. The van der Waals surface area contributed by atoms with Gasteiger partial charge in [-0.25, -0.2) is 0 Å². The number of nitrogens with one attached hydrogen (secondary N) is 1. The van der Waals surface area contributed by atoms with E-state index < -0.39 is 0 Å². The molecular formula is C21H29NO. The quantitative estimate of drug-likeness (QED) is 0.903. The van der Waals surface area contributed by atoms with Gasteiger partial charge in [0.05, 0.1) is 6.61 Å². The fraction of sp³-hybridized carbons (Fsp3) is 0.714. The van der Waals surface area contributed by atoms with E-state index in [1.54, 1.807) is 11.1 Å². The van der Waals surface area contributed by atoms with E-state index in [2.05, 4.69) is 23.5 Å². The highest BCUT2D eigenvalue weighted by atomic mass is 16.5. The van der Waals surface area contributed by atoms with Crippen molar-refractivity contribution in [3.8, 4) is 5.75 Å². The molecule has 23 heavy (non-hydrogen) atoms. The summed E-state index contributed by atoms with van der Waals surface area (Å²) >= 11 is 0. The molecule has 3 aliphatic carbocycles. The Hall–Kier alpha value is -1.02. The maximum absolute atomic E-state index is 6.17. The van der Waals surface area contributed by atoms with Crippen LogP contribution in [0.2, 0.25) is 0 Å². The van der Waals surface area contributed by atoms with Crippen LogP contribution < -0.4 is 10.1 Å². The van der Waals surface area contributed by atoms with Crippen molar-refractivity contribution < 1.29 is 4.74 Å². The number of ether oxygens (including phenoxy) is 1. The second-order valence-corrected chi connectivity index (χ2v) is 8.45. The highest BCUT2D eigenvalue weighted by Gasteiger charge is 2.51. The summed E-state index contributed by atoms with van der Waals surface area (Å²) in [6.45, 7) is 2.13. The molecule has 124 valence electrons. The molecule has 3 atom stereocenters. The van der Waals surface area contributed by atoms with Crippen LogP contribution in [0.5, 0.6) is 5.75 Å². The Morgan fingerprint density at radius 2 is 2.04 bits per heavy atom. The Labute approximate surface area is 140 Å². The van der Waals surface area contributed by atoms with E-state index in [0.29, 0.717) is 5.41 Å². The normalized spacial score (nSPS) is 35.8.